The lowest BCUT2D eigenvalue weighted by Crippen LogP contribution is -2.47. The van der Waals surface area contributed by atoms with Crippen molar-refractivity contribution in [2.45, 2.75) is 19.3 Å². The fourth-order valence-corrected chi connectivity index (χ4v) is 6.11. The Balaban J connectivity index is 0.928. The van der Waals surface area contributed by atoms with Crippen molar-refractivity contribution in [1.29, 1.82) is 0 Å². The van der Waals surface area contributed by atoms with Gasteiger partial charge in [-0.05, 0) is 50.0 Å². The van der Waals surface area contributed by atoms with Crippen molar-refractivity contribution in [3.63, 3.8) is 0 Å². The summed E-state index contributed by atoms with van der Waals surface area (Å²) >= 11 is 1.65. The summed E-state index contributed by atoms with van der Waals surface area (Å²) in [7, 11) is 1.92. The van der Waals surface area contributed by atoms with Crippen molar-refractivity contribution in [3.05, 3.63) is 65.5 Å². The number of rotatable bonds is 11. The summed E-state index contributed by atoms with van der Waals surface area (Å²) in [6.07, 6.45) is 3.76. The van der Waals surface area contributed by atoms with Gasteiger partial charge in [-0.25, -0.2) is 4.98 Å². The van der Waals surface area contributed by atoms with E-state index in [1.807, 2.05) is 7.05 Å². The lowest BCUT2D eigenvalue weighted by molar-refractivity contribution is 0.130. The van der Waals surface area contributed by atoms with Crippen molar-refractivity contribution in [3.8, 4) is 11.3 Å². The molecule has 0 unspecified atom stereocenters. The van der Waals surface area contributed by atoms with Crippen molar-refractivity contribution in [2.75, 3.05) is 89.3 Å². The van der Waals surface area contributed by atoms with Gasteiger partial charge in [-0.1, -0.05) is 42.5 Å². The lowest BCUT2D eigenvalue weighted by atomic mass is 10.1. The van der Waals surface area contributed by atoms with Crippen LogP contribution in [0.3, 0.4) is 0 Å². The van der Waals surface area contributed by atoms with Crippen molar-refractivity contribution in [2.24, 2.45) is 0 Å². The van der Waals surface area contributed by atoms with Crippen LogP contribution in [0.1, 0.15) is 18.4 Å². The van der Waals surface area contributed by atoms with E-state index in [4.69, 9.17) is 0 Å². The molecule has 0 radical (unpaired) electrons. The number of piperazine rings is 2. The summed E-state index contributed by atoms with van der Waals surface area (Å²) in [4.78, 5) is 15.1. The Kier molecular flexibility index (Phi) is 9.46. The molecule has 0 saturated carbocycles. The van der Waals surface area contributed by atoms with Gasteiger partial charge >= 0.3 is 0 Å². The zero-order chi connectivity index (χ0) is 25.3. The first-order valence-corrected chi connectivity index (χ1v) is 14.8. The maximum Gasteiger partial charge on any atom is 0.182 e. The number of nitrogens with one attached hydrogen (secondary N) is 1. The SMILES string of the molecule is CNc1nc(-c2ccc(CCN3CCN(CCCCN4CCN(c5ccccc5)CC4)CC3)cc2)cs1. The maximum atomic E-state index is 4.61. The van der Waals surface area contributed by atoms with Crippen molar-refractivity contribution >= 4 is 22.2 Å². The molecular formula is C30H42N6S. The summed E-state index contributed by atoms with van der Waals surface area (Å²) in [5.74, 6) is 0. The number of aromatic nitrogens is 1. The molecule has 0 spiro atoms. The lowest BCUT2D eigenvalue weighted by Gasteiger charge is -2.36. The van der Waals surface area contributed by atoms with E-state index in [2.05, 4.69) is 89.9 Å². The molecule has 0 atom stereocenters. The number of hydrogen-bond donors (Lipinski definition) is 1. The number of para-hydroxylation sites is 1. The Morgan fingerprint density at radius 2 is 1.32 bits per heavy atom. The molecule has 1 N–H and O–H groups in total. The predicted molar refractivity (Wildman–Crippen MR) is 158 cm³/mol. The second kappa shape index (κ2) is 13.4. The molecular weight excluding hydrogens is 476 g/mol. The minimum absolute atomic E-state index is 0.968. The summed E-state index contributed by atoms with van der Waals surface area (Å²) in [6.45, 7) is 13.2. The van der Waals surface area contributed by atoms with E-state index in [-0.39, 0.29) is 0 Å². The molecule has 2 saturated heterocycles. The number of hydrogen-bond acceptors (Lipinski definition) is 7. The van der Waals surface area contributed by atoms with Gasteiger partial charge in [0.1, 0.15) is 0 Å². The molecule has 0 amide bonds. The molecule has 0 aliphatic carbocycles. The van der Waals surface area contributed by atoms with E-state index in [1.54, 1.807) is 11.3 Å². The van der Waals surface area contributed by atoms with Gasteiger partial charge in [-0.2, -0.15) is 0 Å². The highest BCUT2D eigenvalue weighted by molar-refractivity contribution is 7.14. The van der Waals surface area contributed by atoms with Crippen LogP contribution in [0.5, 0.6) is 0 Å². The Bertz CT molecular complexity index is 1050. The second-order valence-electron chi connectivity index (χ2n) is 10.3. The summed E-state index contributed by atoms with van der Waals surface area (Å²) in [5, 5.41) is 6.20. The van der Waals surface area contributed by atoms with Gasteiger partial charge in [0.05, 0.1) is 5.69 Å². The summed E-state index contributed by atoms with van der Waals surface area (Å²) < 4.78 is 0. The van der Waals surface area contributed by atoms with Crippen LogP contribution in [0.4, 0.5) is 10.8 Å². The van der Waals surface area contributed by atoms with E-state index in [0.717, 1.165) is 36.9 Å². The number of thiazole rings is 1. The molecule has 2 aliphatic heterocycles. The Hall–Kier alpha value is -2.45. The molecule has 5 rings (SSSR count). The summed E-state index contributed by atoms with van der Waals surface area (Å²) in [6, 6.07) is 19.8. The molecule has 2 fully saturated rings. The highest BCUT2D eigenvalue weighted by atomic mass is 32.1. The fraction of sp³-hybridized carbons (Fsp3) is 0.500. The average Bonchev–Trinajstić information content (AvgIpc) is 3.45. The normalized spacial score (nSPS) is 17.8. The standard InChI is InChI=1S/C30H42N6S/c1-31-30-32-29(25-37-30)27-11-9-26(10-12-27)13-16-35-19-17-33(18-20-35)14-5-6-15-34-21-23-36(24-22-34)28-7-3-2-4-8-28/h2-4,7-12,25H,5-6,13-24H2,1H3,(H,31,32). The third kappa shape index (κ3) is 7.54. The predicted octanol–water partition coefficient (Wildman–Crippen LogP) is 4.61. The van der Waals surface area contributed by atoms with Gasteiger partial charge in [-0.15, -0.1) is 11.3 Å². The minimum atomic E-state index is 0.968. The van der Waals surface area contributed by atoms with Crippen LogP contribution in [0.25, 0.3) is 11.3 Å². The monoisotopic (exact) mass is 518 g/mol. The first-order valence-electron chi connectivity index (χ1n) is 14.0. The number of benzene rings is 2. The molecule has 7 heteroatoms. The maximum absolute atomic E-state index is 4.61. The van der Waals surface area contributed by atoms with Crippen LogP contribution in [0.15, 0.2) is 60.0 Å². The van der Waals surface area contributed by atoms with Crippen LogP contribution < -0.4 is 10.2 Å². The van der Waals surface area contributed by atoms with Crippen LogP contribution in [-0.4, -0.2) is 98.7 Å². The minimum Gasteiger partial charge on any atom is -0.369 e. The Morgan fingerprint density at radius 1 is 0.730 bits per heavy atom. The molecule has 198 valence electrons. The van der Waals surface area contributed by atoms with Crippen LogP contribution in [0, 0.1) is 0 Å². The van der Waals surface area contributed by atoms with Crippen molar-refractivity contribution < 1.29 is 0 Å². The van der Waals surface area contributed by atoms with Gasteiger partial charge in [0.15, 0.2) is 5.13 Å². The smallest absolute Gasteiger partial charge is 0.182 e. The van der Waals surface area contributed by atoms with Gasteiger partial charge in [0.25, 0.3) is 0 Å². The first-order chi connectivity index (χ1) is 18.3. The number of anilines is 2. The number of nitrogens with zero attached hydrogens (tertiary/aromatic N) is 5. The van der Waals surface area contributed by atoms with Crippen LogP contribution >= 0.6 is 11.3 Å². The second-order valence-corrected chi connectivity index (χ2v) is 11.1. The highest BCUT2D eigenvalue weighted by Gasteiger charge is 2.18. The van der Waals surface area contributed by atoms with Crippen molar-refractivity contribution in [1.82, 2.24) is 19.7 Å². The molecule has 3 aromatic rings. The topological polar surface area (TPSA) is 37.9 Å². The molecule has 6 nitrogen and oxygen atoms in total. The largest absolute Gasteiger partial charge is 0.369 e. The Labute approximate surface area is 226 Å². The molecule has 3 heterocycles. The molecule has 1 aromatic heterocycles. The highest BCUT2D eigenvalue weighted by Crippen LogP contribution is 2.25. The molecule has 2 aliphatic rings. The van der Waals surface area contributed by atoms with Gasteiger partial charge < -0.3 is 20.0 Å². The zero-order valence-corrected chi connectivity index (χ0v) is 23.1. The zero-order valence-electron chi connectivity index (χ0n) is 22.3. The van der Waals surface area contributed by atoms with Crippen LogP contribution in [0.2, 0.25) is 0 Å². The molecule has 0 bridgehead atoms. The van der Waals surface area contributed by atoms with E-state index >= 15 is 0 Å². The summed E-state index contributed by atoms with van der Waals surface area (Å²) in [5.41, 5.74) is 5.04. The van der Waals surface area contributed by atoms with E-state index in [0.29, 0.717) is 0 Å². The van der Waals surface area contributed by atoms with E-state index in [1.165, 1.54) is 82.0 Å². The third-order valence-corrected chi connectivity index (χ3v) is 8.70. The van der Waals surface area contributed by atoms with E-state index < -0.39 is 0 Å². The Morgan fingerprint density at radius 3 is 1.92 bits per heavy atom. The quantitative estimate of drug-likeness (QED) is 0.374. The fourth-order valence-electron chi connectivity index (χ4n) is 5.43. The molecule has 2 aromatic carbocycles. The van der Waals surface area contributed by atoms with Gasteiger partial charge in [0.2, 0.25) is 0 Å². The van der Waals surface area contributed by atoms with Gasteiger partial charge in [0, 0.05) is 82.6 Å². The third-order valence-electron chi connectivity index (χ3n) is 7.84. The number of unbranched alkanes of at least 4 members (excludes halogenated alkanes) is 1. The average molecular weight is 519 g/mol. The van der Waals surface area contributed by atoms with Gasteiger partial charge in [-0.3, -0.25) is 4.90 Å². The first kappa shape index (κ1) is 26.2. The van der Waals surface area contributed by atoms with Crippen LogP contribution in [-0.2, 0) is 6.42 Å². The molecule has 37 heavy (non-hydrogen) atoms. The van der Waals surface area contributed by atoms with E-state index in [9.17, 15) is 0 Å².